The molecule has 4 rings (SSSR count). The van der Waals surface area contributed by atoms with Gasteiger partial charge >= 0.3 is 0 Å². The second-order valence-corrected chi connectivity index (χ2v) is 7.74. The van der Waals surface area contributed by atoms with Gasteiger partial charge in [0.15, 0.2) is 0 Å². The molecule has 2 fully saturated rings. The van der Waals surface area contributed by atoms with E-state index in [4.69, 9.17) is 4.74 Å². The topological polar surface area (TPSA) is 67.4 Å². The first-order chi connectivity index (χ1) is 12.2. The number of ether oxygens (including phenoxy) is 1. The van der Waals surface area contributed by atoms with Crippen molar-refractivity contribution in [3.8, 4) is 0 Å². The number of carbonyl (C=O) groups excluding carboxylic acids is 1. The van der Waals surface area contributed by atoms with Crippen LogP contribution in [0.4, 0.5) is 0 Å². The molecule has 7 heteroatoms. The van der Waals surface area contributed by atoms with Crippen LogP contribution in [0.25, 0.3) is 0 Å². The number of nitrogens with zero attached hydrogens (tertiary/aromatic N) is 3. The maximum absolute atomic E-state index is 12.2. The number of hydrogen-bond acceptors (Lipinski definition) is 6. The zero-order valence-corrected chi connectivity index (χ0v) is 15.0. The van der Waals surface area contributed by atoms with Crippen molar-refractivity contribution in [2.24, 2.45) is 11.8 Å². The largest absolute Gasteiger partial charge is 0.376 e. The Morgan fingerprint density at radius 2 is 2.40 bits per heavy atom. The van der Waals surface area contributed by atoms with Gasteiger partial charge in [0, 0.05) is 55.3 Å². The van der Waals surface area contributed by atoms with Gasteiger partial charge in [-0.2, -0.15) is 0 Å². The molecule has 6 nitrogen and oxygen atoms in total. The lowest BCUT2D eigenvalue weighted by molar-refractivity contribution is 0.0904. The van der Waals surface area contributed by atoms with Gasteiger partial charge in [-0.1, -0.05) is 0 Å². The number of fused-ring (bicyclic) bond motifs is 1. The Morgan fingerprint density at radius 1 is 1.48 bits per heavy atom. The Kier molecular flexibility index (Phi) is 4.78. The fraction of sp³-hybridized carbons (Fsp3) is 0.500. The molecule has 0 unspecified atom stereocenters. The summed E-state index contributed by atoms with van der Waals surface area (Å²) in [5, 5.41) is 3.04. The molecule has 0 radical (unpaired) electrons. The van der Waals surface area contributed by atoms with E-state index in [2.05, 4.69) is 27.1 Å². The molecule has 25 heavy (non-hydrogen) atoms. The average molecular weight is 358 g/mol. The number of hydrogen-bond donors (Lipinski definition) is 1. The van der Waals surface area contributed by atoms with Crippen LogP contribution in [-0.2, 0) is 11.3 Å². The van der Waals surface area contributed by atoms with Crippen molar-refractivity contribution in [3.63, 3.8) is 0 Å². The van der Waals surface area contributed by atoms with Crippen molar-refractivity contribution in [2.45, 2.75) is 19.6 Å². The maximum Gasteiger partial charge on any atom is 0.252 e. The molecule has 2 aromatic rings. The van der Waals surface area contributed by atoms with Gasteiger partial charge in [0.2, 0.25) is 0 Å². The van der Waals surface area contributed by atoms with Crippen LogP contribution in [0.1, 0.15) is 20.9 Å². The summed E-state index contributed by atoms with van der Waals surface area (Å²) in [5.74, 6) is 0.798. The molecule has 0 saturated carbocycles. The number of nitrogens with one attached hydrogen (secondary N) is 1. The lowest BCUT2D eigenvalue weighted by atomic mass is 9.93. The van der Waals surface area contributed by atoms with Crippen LogP contribution >= 0.6 is 11.3 Å². The quantitative estimate of drug-likeness (QED) is 0.882. The number of carbonyl (C=O) groups is 1. The molecule has 3 atom stereocenters. The van der Waals surface area contributed by atoms with Crippen LogP contribution in [-0.4, -0.2) is 53.1 Å². The van der Waals surface area contributed by atoms with Gasteiger partial charge in [-0.3, -0.25) is 14.7 Å². The molecule has 2 aromatic heterocycles. The lowest BCUT2D eigenvalue weighted by Gasteiger charge is -2.19. The second kappa shape index (κ2) is 7.19. The summed E-state index contributed by atoms with van der Waals surface area (Å²) < 4.78 is 5.99. The molecule has 2 aliphatic heterocycles. The number of amides is 1. The minimum atomic E-state index is -0.0633. The van der Waals surface area contributed by atoms with Crippen molar-refractivity contribution in [1.29, 1.82) is 0 Å². The molecule has 0 aliphatic carbocycles. The fourth-order valence-electron chi connectivity index (χ4n) is 3.72. The number of thiazole rings is 1. The van der Waals surface area contributed by atoms with Gasteiger partial charge in [-0.15, -0.1) is 11.3 Å². The fourth-order valence-corrected chi connectivity index (χ4v) is 4.54. The van der Waals surface area contributed by atoms with Crippen molar-refractivity contribution >= 4 is 17.2 Å². The van der Waals surface area contributed by atoms with E-state index in [1.54, 1.807) is 35.9 Å². The predicted octanol–water partition coefficient (Wildman–Crippen LogP) is 1.72. The Morgan fingerprint density at radius 3 is 3.16 bits per heavy atom. The molecule has 2 aliphatic rings. The molecule has 2 saturated heterocycles. The van der Waals surface area contributed by atoms with E-state index >= 15 is 0 Å². The molecular weight excluding hydrogens is 336 g/mol. The minimum absolute atomic E-state index is 0.0633. The molecular formula is C18H22N4O2S. The lowest BCUT2D eigenvalue weighted by Crippen LogP contribution is -2.34. The third-order valence-corrected chi connectivity index (χ3v) is 6.10. The summed E-state index contributed by atoms with van der Waals surface area (Å²) in [4.78, 5) is 24.3. The highest BCUT2D eigenvalue weighted by molar-refractivity contribution is 7.09. The summed E-state index contributed by atoms with van der Waals surface area (Å²) in [6.45, 7) is 6.39. The van der Waals surface area contributed by atoms with E-state index < -0.39 is 0 Å². The van der Waals surface area contributed by atoms with Gasteiger partial charge in [-0.05, 0) is 19.1 Å². The molecule has 1 N–H and O–H groups in total. The average Bonchev–Trinajstić information content (AvgIpc) is 3.31. The summed E-state index contributed by atoms with van der Waals surface area (Å²) >= 11 is 1.72. The zero-order valence-electron chi connectivity index (χ0n) is 14.2. The van der Waals surface area contributed by atoms with Crippen molar-refractivity contribution in [3.05, 3.63) is 46.2 Å². The monoisotopic (exact) mass is 358 g/mol. The summed E-state index contributed by atoms with van der Waals surface area (Å²) in [7, 11) is 0. The number of likely N-dealkylation sites (tertiary alicyclic amines) is 1. The van der Waals surface area contributed by atoms with Crippen LogP contribution in [0.3, 0.4) is 0 Å². The van der Waals surface area contributed by atoms with Gasteiger partial charge in [0.05, 0.1) is 29.5 Å². The highest BCUT2D eigenvalue weighted by atomic mass is 32.1. The SMILES string of the molecule is Cc1ncsc1CN1C[C@H]2[C@H](CNC(=O)c3cccnc3)CO[C@H]2C1. The molecule has 1 amide bonds. The van der Waals surface area contributed by atoms with E-state index in [1.807, 2.05) is 5.51 Å². The first-order valence-corrected chi connectivity index (χ1v) is 9.50. The third kappa shape index (κ3) is 3.58. The minimum Gasteiger partial charge on any atom is -0.376 e. The van der Waals surface area contributed by atoms with Crippen LogP contribution in [0.15, 0.2) is 30.0 Å². The Bertz CT molecular complexity index is 736. The van der Waals surface area contributed by atoms with E-state index in [9.17, 15) is 4.79 Å². The standard InChI is InChI=1S/C18H22N4O2S/c1-12-17(25-11-21-12)9-22-7-15-14(10-24-16(15)8-22)6-20-18(23)13-3-2-4-19-5-13/h2-5,11,14-16H,6-10H2,1H3,(H,20,23)/t14-,15+,16+/m1/s1. The van der Waals surface area contributed by atoms with Gasteiger partial charge < -0.3 is 10.1 Å². The van der Waals surface area contributed by atoms with E-state index in [0.717, 1.165) is 31.9 Å². The van der Waals surface area contributed by atoms with Crippen molar-refractivity contribution in [1.82, 2.24) is 20.2 Å². The summed E-state index contributed by atoms with van der Waals surface area (Å²) in [6.07, 6.45) is 3.55. The Hall–Kier alpha value is -1.83. The van der Waals surface area contributed by atoms with E-state index in [-0.39, 0.29) is 12.0 Å². The molecule has 4 heterocycles. The van der Waals surface area contributed by atoms with Crippen LogP contribution < -0.4 is 5.32 Å². The van der Waals surface area contributed by atoms with Crippen LogP contribution in [0, 0.1) is 18.8 Å². The first kappa shape index (κ1) is 16.6. The number of aryl methyl sites for hydroxylation is 1. The molecule has 132 valence electrons. The summed E-state index contributed by atoms with van der Waals surface area (Å²) in [5.41, 5.74) is 3.64. The van der Waals surface area contributed by atoms with Crippen LogP contribution in [0.2, 0.25) is 0 Å². The Balaban J connectivity index is 1.31. The first-order valence-electron chi connectivity index (χ1n) is 8.62. The molecule has 0 bridgehead atoms. The Labute approximate surface area is 151 Å². The number of pyridine rings is 1. The van der Waals surface area contributed by atoms with Crippen LogP contribution in [0.5, 0.6) is 0 Å². The van der Waals surface area contributed by atoms with Gasteiger partial charge in [-0.25, -0.2) is 4.98 Å². The van der Waals surface area contributed by atoms with Crippen molar-refractivity contribution < 1.29 is 9.53 Å². The normalized spacial score (nSPS) is 25.9. The highest BCUT2D eigenvalue weighted by Gasteiger charge is 2.43. The zero-order chi connectivity index (χ0) is 17.2. The van der Waals surface area contributed by atoms with E-state index in [0.29, 0.717) is 23.9 Å². The number of aromatic nitrogens is 2. The van der Waals surface area contributed by atoms with Gasteiger partial charge in [0.25, 0.3) is 5.91 Å². The maximum atomic E-state index is 12.2. The summed E-state index contributed by atoms with van der Waals surface area (Å²) in [6, 6.07) is 3.56. The van der Waals surface area contributed by atoms with E-state index in [1.165, 1.54) is 4.88 Å². The van der Waals surface area contributed by atoms with Crippen molar-refractivity contribution in [2.75, 3.05) is 26.2 Å². The smallest absolute Gasteiger partial charge is 0.252 e. The molecule has 0 spiro atoms. The number of rotatable bonds is 5. The molecule has 0 aromatic carbocycles. The predicted molar refractivity (Wildman–Crippen MR) is 95.4 cm³/mol. The van der Waals surface area contributed by atoms with Gasteiger partial charge in [0.1, 0.15) is 0 Å². The second-order valence-electron chi connectivity index (χ2n) is 6.80. The highest BCUT2D eigenvalue weighted by Crippen LogP contribution is 2.34. The third-order valence-electron chi connectivity index (χ3n) is 5.18.